The Morgan fingerprint density at radius 1 is 0.475 bits per heavy atom. The van der Waals surface area contributed by atoms with E-state index in [0.717, 1.165) is 72.2 Å². The van der Waals surface area contributed by atoms with E-state index in [1.807, 2.05) is 147 Å². The van der Waals surface area contributed by atoms with Gasteiger partial charge in [-0.25, -0.2) is 19.1 Å². The molecule has 59 heavy (non-hydrogen) atoms. The molecule has 5 aromatic heterocycles. The molecular formula is C49H37N8O2+. The van der Waals surface area contributed by atoms with E-state index < -0.39 is 0 Å². The zero-order chi connectivity index (χ0) is 39.6. The van der Waals surface area contributed by atoms with E-state index >= 15 is 9.59 Å². The maximum atomic E-state index is 15.5. The van der Waals surface area contributed by atoms with Gasteiger partial charge in [0.25, 0.3) is 17.4 Å². The van der Waals surface area contributed by atoms with Crippen LogP contribution in [0.1, 0.15) is 49.6 Å². The third-order valence-electron chi connectivity index (χ3n) is 11.6. The summed E-state index contributed by atoms with van der Waals surface area (Å²) in [5.74, 6) is 0.338. The normalized spacial score (nSPS) is 14.0. The topological polar surface area (TPSA) is 101 Å². The average Bonchev–Trinajstić information content (AvgIpc) is 3.76. The number of aromatic nitrogens is 6. The van der Waals surface area contributed by atoms with Gasteiger partial charge in [-0.05, 0) is 48.5 Å². The highest BCUT2D eigenvalue weighted by molar-refractivity contribution is 6.25. The number of nitrogens with zero attached hydrogens (tertiary/aromatic N) is 8. The predicted molar refractivity (Wildman–Crippen MR) is 226 cm³/mol. The van der Waals surface area contributed by atoms with E-state index in [2.05, 4.69) is 24.3 Å². The molecule has 0 unspecified atom stereocenters. The molecule has 9 aromatic rings. The molecule has 0 amide bonds. The van der Waals surface area contributed by atoms with E-state index in [9.17, 15) is 0 Å². The molecule has 0 saturated heterocycles. The molecule has 2 aliphatic rings. The summed E-state index contributed by atoms with van der Waals surface area (Å²) in [4.78, 5) is 54.9. The lowest BCUT2D eigenvalue weighted by molar-refractivity contribution is -0.696. The van der Waals surface area contributed by atoms with Crippen LogP contribution in [0.15, 0.2) is 157 Å². The minimum atomic E-state index is -0.210. The van der Waals surface area contributed by atoms with Crippen molar-refractivity contribution in [2.75, 3.05) is 6.67 Å². The Balaban J connectivity index is 1.06. The molecule has 0 spiro atoms. The van der Waals surface area contributed by atoms with Crippen molar-refractivity contribution >= 4 is 55.2 Å². The molecule has 0 fully saturated rings. The maximum Gasteiger partial charge on any atom is 0.255 e. The lowest BCUT2D eigenvalue weighted by Crippen LogP contribution is -2.45. The Labute approximate surface area is 339 Å². The zero-order valence-corrected chi connectivity index (χ0v) is 32.3. The van der Waals surface area contributed by atoms with Gasteiger partial charge in [0.2, 0.25) is 11.4 Å². The van der Waals surface area contributed by atoms with Gasteiger partial charge in [0.15, 0.2) is 0 Å². The van der Waals surface area contributed by atoms with Crippen LogP contribution in [0.25, 0.3) is 43.6 Å². The summed E-state index contributed by atoms with van der Waals surface area (Å²) >= 11 is 0. The molecule has 284 valence electrons. The lowest BCUT2D eigenvalue weighted by atomic mass is 9.97. The highest BCUT2D eigenvalue weighted by Gasteiger charge is 2.51. The first-order valence-corrected chi connectivity index (χ1v) is 19.8. The first-order chi connectivity index (χ1) is 28.9. The number of rotatable bonds is 8. The molecule has 0 bridgehead atoms. The number of fused-ring (bicyclic) bond motifs is 5. The summed E-state index contributed by atoms with van der Waals surface area (Å²) in [7, 11) is 0. The van der Waals surface area contributed by atoms with Crippen molar-refractivity contribution in [2.24, 2.45) is 0 Å². The Kier molecular flexibility index (Phi) is 8.11. The molecule has 0 N–H and O–H groups in total. The molecule has 10 nitrogen and oxygen atoms in total. The van der Waals surface area contributed by atoms with E-state index in [1.165, 1.54) is 0 Å². The van der Waals surface area contributed by atoms with Gasteiger partial charge in [0.1, 0.15) is 24.5 Å². The smallest absolute Gasteiger partial charge is 0.255 e. The number of carbonyl (C=O) groups excluding carboxylic acids is 2. The number of Topliss-reactive ketones (excluding diaryl/α,β-unsaturated/α-hetero) is 2. The fraction of sp³-hybridized carbons (Fsp3) is 0.122. The third kappa shape index (κ3) is 5.99. The monoisotopic (exact) mass is 769 g/mol. The maximum absolute atomic E-state index is 15.5. The summed E-state index contributed by atoms with van der Waals surface area (Å²) in [5, 5.41) is 4.14. The first-order valence-electron chi connectivity index (χ1n) is 19.8. The van der Waals surface area contributed by atoms with Crippen molar-refractivity contribution in [3.8, 4) is 0 Å². The highest BCUT2D eigenvalue weighted by atomic mass is 16.1. The van der Waals surface area contributed by atoms with Crippen molar-refractivity contribution in [3.05, 3.63) is 197 Å². The van der Waals surface area contributed by atoms with Gasteiger partial charge in [0.05, 0.1) is 64.6 Å². The summed E-state index contributed by atoms with van der Waals surface area (Å²) in [5.41, 5.74) is 8.11. The lowest BCUT2D eigenvalue weighted by Gasteiger charge is -2.23. The van der Waals surface area contributed by atoms with Crippen LogP contribution in [0.2, 0.25) is 0 Å². The number of imidazole rings is 1. The third-order valence-corrected chi connectivity index (χ3v) is 11.6. The second-order valence-electron chi connectivity index (χ2n) is 15.3. The van der Waals surface area contributed by atoms with Gasteiger partial charge in [-0.15, -0.1) is 0 Å². The quantitative estimate of drug-likeness (QED) is 0.144. The van der Waals surface area contributed by atoms with E-state index in [1.54, 1.807) is 0 Å². The molecule has 10 heteroatoms. The summed E-state index contributed by atoms with van der Waals surface area (Å²) < 4.78 is 3.94. The van der Waals surface area contributed by atoms with Gasteiger partial charge >= 0.3 is 0 Å². The summed E-state index contributed by atoms with van der Waals surface area (Å²) in [6.07, 6.45) is 0. The van der Waals surface area contributed by atoms with Crippen LogP contribution in [0.3, 0.4) is 0 Å². The number of para-hydroxylation sites is 4. The van der Waals surface area contributed by atoms with Crippen molar-refractivity contribution in [2.45, 2.75) is 33.1 Å². The van der Waals surface area contributed by atoms with Crippen molar-refractivity contribution < 1.29 is 14.2 Å². The SMILES string of the molecule is Cc1n(Cc2ccc3ccccc3n2)c2c([n+]1Cc1ccc3ccccc3n1)C(=O)C1=C(C2=O)N(Cc2ccc3ccccc3n2)CN1Cc1ccc2ccccc2n1. The number of ketones is 2. The first kappa shape index (κ1) is 34.6. The molecule has 1 aliphatic carbocycles. The van der Waals surface area contributed by atoms with Crippen molar-refractivity contribution in [1.29, 1.82) is 0 Å². The standard InChI is InChI=1S/C49H37N8O2/c1-31-56(28-38-24-20-34-12-4-8-16-42(34)52-38)46-47(57(31)29-39-25-21-35-13-5-9-17-43(35)53-39)49(59)45-44(48(46)58)54(26-36-22-18-32-10-2-6-14-40(32)50-36)30-55(45)27-37-23-19-33-11-3-7-15-41(33)51-37/h2-25H,26-30H2,1H3/q+1. The number of benzene rings is 4. The van der Waals surface area contributed by atoms with Gasteiger partial charge in [0, 0.05) is 28.5 Å². The molecule has 0 radical (unpaired) electrons. The van der Waals surface area contributed by atoms with Crippen LogP contribution < -0.4 is 4.57 Å². The molecule has 1 aliphatic heterocycles. The van der Waals surface area contributed by atoms with Crippen molar-refractivity contribution in [1.82, 2.24) is 34.3 Å². The fourth-order valence-electron chi connectivity index (χ4n) is 8.70. The summed E-state index contributed by atoms with van der Waals surface area (Å²) in [6, 6.07) is 48.2. The second kappa shape index (κ2) is 13.8. The number of hydrogen-bond donors (Lipinski definition) is 0. The Bertz CT molecular complexity index is 3030. The summed E-state index contributed by atoms with van der Waals surface area (Å²) in [6.45, 7) is 3.57. The van der Waals surface area contributed by atoms with E-state index in [0.29, 0.717) is 55.6 Å². The number of allylic oxidation sites excluding steroid dienone is 2. The van der Waals surface area contributed by atoms with Gasteiger partial charge < -0.3 is 9.80 Å². The Hall–Kier alpha value is -7.59. The van der Waals surface area contributed by atoms with Gasteiger partial charge in [-0.2, -0.15) is 0 Å². The van der Waals surface area contributed by atoms with Crippen LogP contribution >= 0.6 is 0 Å². The second-order valence-corrected chi connectivity index (χ2v) is 15.3. The Morgan fingerprint density at radius 3 is 1.34 bits per heavy atom. The van der Waals surface area contributed by atoms with Crippen LogP contribution in [0.5, 0.6) is 0 Å². The minimum absolute atomic E-state index is 0.210. The van der Waals surface area contributed by atoms with E-state index in [4.69, 9.17) is 19.9 Å². The molecule has 11 rings (SSSR count). The zero-order valence-electron chi connectivity index (χ0n) is 32.3. The largest absolute Gasteiger partial charge is 0.343 e. The van der Waals surface area contributed by atoms with Gasteiger partial charge in [-0.1, -0.05) is 97.1 Å². The molecule has 0 atom stereocenters. The van der Waals surface area contributed by atoms with E-state index in [-0.39, 0.29) is 11.6 Å². The van der Waals surface area contributed by atoms with Crippen LogP contribution in [-0.4, -0.2) is 52.5 Å². The molecule has 0 saturated carbocycles. The molecule has 4 aromatic carbocycles. The minimum Gasteiger partial charge on any atom is -0.343 e. The average molecular weight is 770 g/mol. The van der Waals surface area contributed by atoms with Crippen LogP contribution in [-0.2, 0) is 26.2 Å². The number of hydrogen-bond acceptors (Lipinski definition) is 8. The number of carbonyl (C=O) groups is 2. The fourth-order valence-corrected chi connectivity index (χ4v) is 8.70. The van der Waals surface area contributed by atoms with Crippen molar-refractivity contribution in [3.63, 3.8) is 0 Å². The van der Waals surface area contributed by atoms with Crippen LogP contribution in [0.4, 0.5) is 0 Å². The molecule has 6 heterocycles. The predicted octanol–water partition coefficient (Wildman–Crippen LogP) is 7.94. The van der Waals surface area contributed by atoms with Gasteiger partial charge in [-0.3, -0.25) is 19.6 Å². The Morgan fingerprint density at radius 2 is 0.864 bits per heavy atom. The molecular weight excluding hydrogens is 733 g/mol. The number of pyridine rings is 4. The van der Waals surface area contributed by atoms with Crippen LogP contribution in [0, 0.1) is 6.92 Å². The highest BCUT2D eigenvalue weighted by Crippen LogP contribution is 2.37.